The molecule has 0 unspecified atom stereocenters. The first-order valence-electron chi connectivity index (χ1n) is 8.10. The Balaban J connectivity index is 1.95. The summed E-state index contributed by atoms with van der Waals surface area (Å²) in [4.78, 5) is 22.6. The van der Waals surface area contributed by atoms with E-state index in [1.807, 2.05) is 0 Å². The second-order valence-corrected chi connectivity index (χ2v) is 7.19. The molecule has 1 aromatic carbocycles. The molecule has 0 radical (unpaired) electrons. The van der Waals surface area contributed by atoms with Crippen LogP contribution in [0.3, 0.4) is 0 Å². The van der Waals surface area contributed by atoms with Crippen LogP contribution in [0.25, 0.3) is 0 Å². The highest BCUT2D eigenvalue weighted by atomic mass is 35.5. The number of carbonyl (C=O) groups is 1. The molecule has 25 heavy (non-hydrogen) atoms. The third-order valence-corrected chi connectivity index (χ3v) is 5.17. The van der Waals surface area contributed by atoms with Crippen molar-refractivity contribution in [3.05, 3.63) is 38.9 Å². The van der Waals surface area contributed by atoms with Gasteiger partial charge in [0.15, 0.2) is 5.11 Å². The molecular formula is C16H21ClN4O3S. The molecule has 1 aromatic rings. The lowest BCUT2D eigenvalue weighted by Crippen LogP contribution is -2.52. The zero-order chi connectivity index (χ0) is 18.6. The number of nitrogens with zero attached hydrogens (tertiary/aromatic N) is 1. The van der Waals surface area contributed by atoms with Gasteiger partial charge >= 0.3 is 0 Å². The maximum Gasteiger partial charge on any atom is 0.282 e. The largest absolute Gasteiger partial charge is 0.358 e. The summed E-state index contributed by atoms with van der Waals surface area (Å²) in [6, 6.07) is 4.04. The maximum atomic E-state index is 12.2. The first kappa shape index (κ1) is 19.4. The number of rotatable bonds is 3. The molecule has 0 saturated heterocycles. The van der Waals surface area contributed by atoms with Gasteiger partial charge in [-0.15, -0.1) is 0 Å². The molecule has 0 spiro atoms. The van der Waals surface area contributed by atoms with E-state index in [2.05, 4.69) is 30.0 Å². The highest BCUT2D eigenvalue weighted by Crippen LogP contribution is 2.29. The quantitative estimate of drug-likeness (QED) is 0.420. The van der Waals surface area contributed by atoms with E-state index in [0.717, 1.165) is 12.8 Å². The summed E-state index contributed by atoms with van der Waals surface area (Å²) in [6.45, 7) is 4.40. The number of amides is 1. The maximum absolute atomic E-state index is 12.2. The van der Waals surface area contributed by atoms with Gasteiger partial charge in [0, 0.05) is 17.1 Å². The van der Waals surface area contributed by atoms with Gasteiger partial charge in [0.05, 0.1) is 4.92 Å². The molecule has 1 saturated carbocycles. The molecular weight excluding hydrogens is 364 g/mol. The fourth-order valence-electron chi connectivity index (χ4n) is 3.02. The van der Waals surface area contributed by atoms with Crippen LogP contribution in [0.4, 0.5) is 5.69 Å². The lowest BCUT2D eigenvalue weighted by Gasteiger charge is -2.35. The zero-order valence-corrected chi connectivity index (χ0v) is 15.6. The molecule has 1 aliphatic rings. The van der Waals surface area contributed by atoms with Crippen molar-refractivity contribution in [2.45, 2.75) is 39.2 Å². The van der Waals surface area contributed by atoms with Crippen LogP contribution in [0.1, 0.15) is 43.5 Å². The van der Waals surface area contributed by atoms with E-state index in [1.54, 1.807) is 0 Å². The minimum Gasteiger partial charge on any atom is -0.358 e. The summed E-state index contributed by atoms with van der Waals surface area (Å²) >= 11 is 11.0. The first-order valence-corrected chi connectivity index (χ1v) is 8.89. The van der Waals surface area contributed by atoms with Crippen molar-refractivity contribution in [1.82, 2.24) is 16.2 Å². The molecule has 3 N–H and O–H groups in total. The fourth-order valence-corrected chi connectivity index (χ4v) is 3.39. The van der Waals surface area contributed by atoms with Crippen LogP contribution in [-0.2, 0) is 0 Å². The fraction of sp³-hybridized carbons (Fsp3) is 0.500. The van der Waals surface area contributed by atoms with Crippen molar-refractivity contribution in [3.63, 3.8) is 0 Å². The minimum absolute atomic E-state index is 0.132. The van der Waals surface area contributed by atoms with Crippen LogP contribution in [0, 0.1) is 22.0 Å². The molecule has 3 atom stereocenters. The Morgan fingerprint density at radius 1 is 1.32 bits per heavy atom. The standard InChI is InChI=1S/C16H21ClN4O3S/c1-9-4-3-5-13(10(9)2)18-16(25)20-19-15(22)12-8-11(17)6-7-14(12)21(23)24/h6-10,13H,3-5H2,1-2H3,(H,19,22)(H2,18,20,25)/t9-,10-,13-/m1/s1. The van der Waals surface area contributed by atoms with Gasteiger partial charge < -0.3 is 5.32 Å². The second-order valence-electron chi connectivity index (χ2n) is 6.34. The Bertz CT molecular complexity index is 685. The van der Waals surface area contributed by atoms with Crippen molar-refractivity contribution in [2.75, 3.05) is 0 Å². The van der Waals surface area contributed by atoms with Crippen molar-refractivity contribution < 1.29 is 9.72 Å². The Morgan fingerprint density at radius 2 is 2.04 bits per heavy atom. The monoisotopic (exact) mass is 384 g/mol. The predicted molar refractivity (Wildman–Crippen MR) is 100 cm³/mol. The van der Waals surface area contributed by atoms with Crippen molar-refractivity contribution in [2.24, 2.45) is 11.8 Å². The number of halogens is 1. The van der Waals surface area contributed by atoms with Gasteiger partial charge in [0.1, 0.15) is 5.56 Å². The average Bonchev–Trinajstić information content (AvgIpc) is 2.56. The molecule has 136 valence electrons. The lowest BCUT2D eigenvalue weighted by molar-refractivity contribution is -0.385. The molecule has 0 bridgehead atoms. The van der Waals surface area contributed by atoms with Gasteiger partial charge in [0.2, 0.25) is 0 Å². The normalized spacial score (nSPS) is 22.8. The molecule has 1 fully saturated rings. The Labute approximate surface area is 156 Å². The minimum atomic E-state index is -0.677. The number of hydrogen-bond acceptors (Lipinski definition) is 4. The second kappa shape index (κ2) is 8.44. The number of hydrazine groups is 1. The van der Waals surface area contributed by atoms with Gasteiger partial charge in [-0.2, -0.15) is 0 Å². The average molecular weight is 385 g/mol. The Hall–Kier alpha value is -1.93. The lowest BCUT2D eigenvalue weighted by atomic mass is 9.78. The topological polar surface area (TPSA) is 96.3 Å². The van der Waals surface area contributed by atoms with Crippen LogP contribution in [0.2, 0.25) is 5.02 Å². The number of benzene rings is 1. The van der Waals surface area contributed by atoms with Gasteiger partial charge in [-0.25, -0.2) is 0 Å². The third-order valence-electron chi connectivity index (χ3n) is 4.71. The van der Waals surface area contributed by atoms with Gasteiger partial charge in [-0.05, 0) is 42.6 Å². The predicted octanol–water partition coefficient (Wildman–Crippen LogP) is 3.18. The summed E-state index contributed by atoms with van der Waals surface area (Å²) in [6.07, 6.45) is 3.35. The smallest absolute Gasteiger partial charge is 0.282 e. The Kier molecular flexibility index (Phi) is 6.55. The third kappa shape index (κ3) is 5.02. The van der Waals surface area contributed by atoms with E-state index in [9.17, 15) is 14.9 Å². The number of nitro benzene ring substituents is 1. The van der Waals surface area contributed by atoms with Crippen LogP contribution in [0.15, 0.2) is 18.2 Å². The number of nitrogens with one attached hydrogen (secondary N) is 3. The summed E-state index contributed by atoms with van der Waals surface area (Å²) in [7, 11) is 0. The van der Waals surface area contributed by atoms with Crippen LogP contribution < -0.4 is 16.2 Å². The van der Waals surface area contributed by atoms with E-state index in [4.69, 9.17) is 23.8 Å². The first-order chi connectivity index (χ1) is 11.8. The Morgan fingerprint density at radius 3 is 2.72 bits per heavy atom. The van der Waals surface area contributed by atoms with Crippen LogP contribution >= 0.6 is 23.8 Å². The van der Waals surface area contributed by atoms with Gasteiger partial charge in [-0.3, -0.25) is 25.8 Å². The summed E-state index contributed by atoms with van der Waals surface area (Å²) < 4.78 is 0. The van der Waals surface area contributed by atoms with E-state index >= 15 is 0 Å². The van der Waals surface area contributed by atoms with E-state index in [1.165, 1.54) is 24.6 Å². The SMILES string of the molecule is C[C@@H]1[C@H](C)CCC[C@H]1NC(=S)NNC(=O)c1cc(Cl)ccc1[N+](=O)[O-]. The molecule has 1 aliphatic carbocycles. The summed E-state index contributed by atoms with van der Waals surface area (Å²) in [5.74, 6) is 0.402. The van der Waals surface area contributed by atoms with Crippen molar-refractivity contribution in [1.29, 1.82) is 0 Å². The molecule has 0 heterocycles. The molecule has 1 amide bonds. The van der Waals surface area contributed by atoms with Crippen molar-refractivity contribution >= 4 is 40.5 Å². The van der Waals surface area contributed by atoms with Crippen LogP contribution in [-0.4, -0.2) is 22.0 Å². The summed E-state index contributed by atoms with van der Waals surface area (Å²) in [5, 5.41) is 14.7. The molecule has 0 aromatic heterocycles. The summed E-state index contributed by atoms with van der Waals surface area (Å²) in [5.41, 5.74) is 4.53. The van der Waals surface area contributed by atoms with Crippen molar-refractivity contribution in [3.8, 4) is 0 Å². The highest BCUT2D eigenvalue weighted by Gasteiger charge is 2.27. The van der Waals surface area contributed by atoms with Crippen LogP contribution in [0.5, 0.6) is 0 Å². The van der Waals surface area contributed by atoms with E-state index in [0.29, 0.717) is 11.8 Å². The molecule has 2 rings (SSSR count). The number of nitro groups is 1. The zero-order valence-electron chi connectivity index (χ0n) is 14.0. The molecule has 0 aliphatic heterocycles. The van der Waals surface area contributed by atoms with Gasteiger partial charge in [-0.1, -0.05) is 38.3 Å². The molecule has 9 heteroatoms. The van der Waals surface area contributed by atoms with E-state index < -0.39 is 10.8 Å². The number of thiocarbonyl (C=S) groups is 1. The van der Waals surface area contributed by atoms with Gasteiger partial charge in [0.25, 0.3) is 11.6 Å². The highest BCUT2D eigenvalue weighted by molar-refractivity contribution is 7.80. The molecule has 7 nitrogen and oxygen atoms in total. The van der Waals surface area contributed by atoms with E-state index in [-0.39, 0.29) is 27.4 Å². The number of carbonyl (C=O) groups excluding carboxylic acids is 1. The number of hydrogen-bond donors (Lipinski definition) is 3.